The van der Waals surface area contributed by atoms with Crippen molar-refractivity contribution in [2.75, 3.05) is 26.2 Å². The topological polar surface area (TPSA) is 115 Å². The van der Waals surface area contributed by atoms with Gasteiger partial charge in [0, 0.05) is 44.4 Å². The third-order valence-corrected chi connectivity index (χ3v) is 7.57. The van der Waals surface area contributed by atoms with Crippen molar-refractivity contribution in [3.63, 3.8) is 0 Å². The molecule has 1 amide bonds. The quantitative estimate of drug-likeness (QED) is 0.314. The smallest absolute Gasteiger partial charge is 0.348 e. The molecule has 1 fully saturated rings. The van der Waals surface area contributed by atoms with Crippen LogP contribution in [-0.2, 0) is 17.8 Å². The summed E-state index contributed by atoms with van der Waals surface area (Å²) >= 11 is 0. The zero-order chi connectivity index (χ0) is 29.3. The molecule has 1 saturated heterocycles. The number of carbonyl (C=O) groups excluding carboxylic acids is 1. The van der Waals surface area contributed by atoms with Gasteiger partial charge in [-0.05, 0) is 42.2 Å². The molecule has 3 aromatic carbocycles. The van der Waals surface area contributed by atoms with E-state index in [1.54, 1.807) is 18.2 Å². The summed E-state index contributed by atoms with van der Waals surface area (Å²) in [4.78, 5) is 29.4. The minimum absolute atomic E-state index is 0.0432. The van der Waals surface area contributed by atoms with Crippen molar-refractivity contribution in [3.8, 4) is 28.6 Å². The number of carbonyl (C=O) groups is 1. The molecule has 214 valence electrons. The predicted octanol–water partition coefficient (Wildman–Crippen LogP) is 4.10. The van der Waals surface area contributed by atoms with Crippen molar-refractivity contribution in [2.24, 2.45) is 0 Å². The molecule has 0 radical (unpaired) electrons. The summed E-state index contributed by atoms with van der Waals surface area (Å²) in [5.41, 5.74) is 3.11. The molecule has 9 nitrogen and oxygen atoms in total. The molecule has 3 N–H and O–H groups in total. The Morgan fingerprint density at radius 3 is 2.37 bits per heavy atom. The zero-order valence-electron chi connectivity index (χ0n) is 23.4. The molecule has 1 aromatic heterocycles. The number of hydrogen-bond acceptors (Lipinski definition) is 6. The van der Waals surface area contributed by atoms with E-state index in [0.717, 1.165) is 11.1 Å². The van der Waals surface area contributed by atoms with E-state index < -0.39 is 11.5 Å². The summed E-state index contributed by atoms with van der Waals surface area (Å²) in [6.07, 6.45) is 0.368. The number of nitrogens with one attached hydrogen (secondary N) is 1. The Bertz CT molecular complexity index is 1620. The van der Waals surface area contributed by atoms with Crippen LogP contribution >= 0.6 is 0 Å². The van der Waals surface area contributed by atoms with E-state index >= 15 is 4.39 Å². The molecule has 4 aromatic rings. The first-order valence-electron chi connectivity index (χ1n) is 13.7. The maximum Gasteiger partial charge on any atom is 0.348 e. The fourth-order valence-electron chi connectivity index (χ4n) is 5.14. The molecular weight excluding hydrogens is 525 g/mol. The Balaban J connectivity index is 1.28. The molecule has 0 unspecified atom stereocenters. The lowest BCUT2D eigenvalue weighted by Crippen LogP contribution is -2.48. The van der Waals surface area contributed by atoms with Crippen LogP contribution in [0.2, 0.25) is 0 Å². The van der Waals surface area contributed by atoms with Crippen molar-refractivity contribution in [1.29, 1.82) is 0 Å². The fraction of sp³-hybridized carbons (Fsp3) is 0.323. The van der Waals surface area contributed by atoms with Crippen molar-refractivity contribution in [3.05, 3.63) is 93.2 Å². The molecule has 0 aliphatic carbocycles. The molecule has 10 heteroatoms. The minimum Gasteiger partial charge on any atom is -0.508 e. The monoisotopic (exact) mass is 559 g/mol. The lowest BCUT2D eigenvalue weighted by Gasteiger charge is -2.35. The Labute approximate surface area is 237 Å². The molecular formula is C31H34FN5O4. The van der Waals surface area contributed by atoms with Gasteiger partial charge in [0.15, 0.2) is 5.82 Å². The Hall–Kier alpha value is -4.44. The number of halogens is 1. The van der Waals surface area contributed by atoms with E-state index in [1.165, 1.54) is 16.7 Å². The molecule has 0 spiro atoms. The van der Waals surface area contributed by atoms with Gasteiger partial charge in [0.05, 0.1) is 17.7 Å². The number of H-pyrrole nitrogens is 1. The molecule has 1 aliphatic rings. The third-order valence-electron chi connectivity index (χ3n) is 7.57. The van der Waals surface area contributed by atoms with E-state index in [9.17, 15) is 19.8 Å². The fourth-order valence-corrected chi connectivity index (χ4v) is 5.14. The first kappa shape index (κ1) is 28.1. The number of phenolic OH excluding ortho intramolecular Hbond substituents is 2. The van der Waals surface area contributed by atoms with Gasteiger partial charge >= 0.3 is 5.69 Å². The minimum atomic E-state index is -0.586. The standard InChI is InChI=1S/C31H34FN5O4/c1-19(2)24-16-25(28(39)17-27(24)38)30-33-34-31(41)37(30)23-9-8-22(26(32)15-23)18-35-10-12-36(13-11-35)29(40)14-21-6-4-20(3)5-7-21/h4-9,15-17,19,38-39H,10-14,18H2,1-3H3,(H,34,41). The van der Waals surface area contributed by atoms with Gasteiger partial charge in [-0.2, -0.15) is 5.10 Å². The first-order chi connectivity index (χ1) is 19.6. The number of aromatic nitrogens is 3. The SMILES string of the molecule is Cc1ccc(CC(=O)N2CCN(Cc3ccc(-n4c(-c5cc(C(C)C)c(O)cc5O)n[nH]c4=O)cc3F)CC2)cc1. The second-order valence-electron chi connectivity index (χ2n) is 10.9. The third kappa shape index (κ3) is 6.02. The number of amides is 1. The summed E-state index contributed by atoms with van der Waals surface area (Å²) in [7, 11) is 0. The largest absolute Gasteiger partial charge is 0.508 e. The highest BCUT2D eigenvalue weighted by atomic mass is 19.1. The molecule has 0 bridgehead atoms. The highest BCUT2D eigenvalue weighted by Crippen LogP contribution is 2.37. The van der Waals surface area contributed by atoms with Crippen LogP contribution in [0, 0.1) is 12.7 Å². The van der Waals surface area contributed by atoms with Gasteiger partial charge in [0.25, 0.3) is 0 Å². The van der Waals surface area contributed by atoms with Crippen molar-refractivity contribution in [2.45, 2.75) is 39.7 Å². The van der Waals surface area contributed by atoms with Gasteiger partial charge < -0.3 is 15.1 Å². The van der Waals surface area contributed by atoms with Crippen molar-refractivity contribution < 1.29 is 19.4 Å². The van der Waals surface area contributed by atoms with Crippen LogP contribution in [0.4, 0.5) is 4.39 Å². The Morgan fingerprint density at radius 2 is 1.71 bits per heavy atom. The van der Waals surface area contributed by atoms with Gasteiger partial charge in [0.2, 0.25) is 5.91 Å². The number of aryl methyl sites for hydroxylation is 1. The number of piperazine rings is 1. The normalized spacial score (nSPS) is 14.1. The lowest BCUT2D eigenvalue weighted by atomic mass is 9.98. The average molecular weight is 560 g/mol. The van der Waals surface area contributed by atoms with Crippen LogP contribution in [0.5, 0.6) is 11.5 Å². The van der Waals surface area contributed by atoms with Crippen LogP contribution in [0.1, 0.15) is 42.0 Å². The second kappa shape index (κ2) is 11.6. The van der Waals surface area contributed by atoms with Crippen LogP contribution < -0.4 is 5.69 Å². The maximum absolute atomic E-state index is 15.3. The van der Waals surface area contributed by atoms with E-state index in [-0.39, 0.29) is 40.4 Å². The van der Waals surface area contributed by atoms with Crippen LogP contribution in [0.25, 0.3) is 17.1 Å². The number of hydrogen-bond donors (Lipinski definition) is 3. The molecule has 41 heavy (non-hydrogen) atoms. The van der Waals surface area contributed by atoms with E-state index in [0.29, 0.717) is 50.3 Å². The van der Waals surface area contributed by atoms with Gasteiger partial charge in [0.1, 0.15) is 17.3 Å². The van der Waals surface area contributed by atoms with Crippen molar-refractivity contribution in [1.82, 2.24) is 24.6 Å². The first-order valence-corrected chi connectivity index (χ1v) is 13.7. The summed E-state index contributed by atoms with van der Waals surface area (Å²) < 4.78 is 16.5. The van der Waals surface area contributed by atoms with Gasteiger partial charge in [-0.1, -0.05) is 49.7 Å². The zero-order valence-corrected chi connectivity index (χ0v) is 23.4. The number of phenols is 2. The maximum atomic E-state index is 15.3. The highest BCUT2D eigenvalue weighted by Gasteiger charge is 2.23. The second-order valence-corrected chi connectivity index (χ2v) is 10.9. The molecule has 5 rings (SSSR count). The molecule has 2 heterocycles. The number of benzene rings is 3. The number of nitrogens with zero attached hydrogens (tertiary/aromatic N) is 4. The summed E-state index contributed by atoms with van der Waals surface area (Å²) in [6, 6.07) is 15.3. The van der Waals surface area contributed by atoms with Crippen LogP contribution in [0.3, 0.4) is 0 Å². The molecule has 1 aliphatic heterocycles. The molecule has 0 atom stereocenters. The van der Waals surface area contributed by atoms with E-state index in [4.69, 9.17) is 0 Å². The summed E-state index contributed by atoms with van der Waals surface area (Å²) in [5.74, 6) is -0.632. The van der Waals surface area contributed by atoms with Gasteiger partial charge in [-0.3, -0.25) is 9.69 Å². The number of rotatable bonds is 7. The van der Waals surface area contributed by atoms with Gasteiger partial charge in [-0.25, -0.2) is 18.9 Å². The van der Waals surface area contributed by atoms with Crippen molar-refractivity contribution >= 4 is 5.91 Å². The van der Waals surface area contributed by atoms with E-state index in [1.807, 2.05) is 49.9 Å². The Kier molecular flexibility index (Phi) is 7.94. The highest BCUT2D eigenvalue weighted by molar-refractivity contribution is 5.79. The van der Waals surface area contributed by atoms with Crippen LogP contribution in [-0.4, -0.2) is 66.9 Å². The van der Waals surface area contributed by atoms with Crippen LogP contribution in [0.15, 0.2) is 59.4 Å². The molecule has 0 saturated carbocycles. The Morgan fingerprint density at radius 1 is 1.00 bits per heavy atom. The predicted molar refractivity (Wildman–Crippen MR) is 154 cm³/mol. The summed E-state index contributed by atoms with van der Waals surface area (Å²) in [5, 5.41) is 27.2. The summed E-state index contributed by atoms with van der Waals surface area (Å²) in [6.45, 7) is 8.58. The lowest BCUT2D eigenvalue weighted by molar-refractivity contribution is -0.132. The van der Waals surface area contributed by atoms with Gasteiger partial charge in [-0.15, -0.1) is 0 Å². The van der Waals surface area contributed by atoms with E-state index in [2.05, 4.69) is 15.1 Å². The number of aromatic hydroxyl groups is 2. The average Bonchev–Trinajstić information content (AvgIpc) is 3.32. The number of aromatic amines is 1.